The number of rotatable bonds is 61. The van der Waals surface area contributed by atoms with Crippen LogP contribution < -0.4 is 5.32 Å². The fourth-order valence-corrected chi connectivity index (χ4v) is 12.9. The second-order valence-corrected chi connectivity index (χ2v) is 27.8. The van der Waals surface area contributed by atoms with Crippen molar-refractivity contribution in [2.75, 3.05) is 26.4 Å². The SMILES string of the molecule is CCCCCCC/C=C\C/C=C\C/C=C\CCCCCCCCCCCCCCCCCCCCCCC(=O)NC(COC1OC(CO)C(OC2OC(CO)C(OC3OC(CO)C(O)C(O)C3O)C(O)C2O)C(O)C1O)C(O)/C=C/CC/C=C/CC/C=C/CCCCCCCCCC. The lowest BCUT2D eigenvalue weighted by Crippen LogP contribution is -2.66. The molecule has 19 nitrogen and oxygen atoms in total. The highest BCUT2D eigenvalue weighted by atomic mass is 16.8. The molecule has 1 amide bonds. The Balaban J connectivity index is 1.35. The first kappa shape index (κ1) is 89.4. The summed E-state index contributed by atoms with van der Waals surface area (Å²) in [6.45, 7) is 1.71. The van der Waals surface area contributed by atoms with Crippen LogP contribution in [0.25, 0.3) is 0 Å². The molecule has 17 unspecified atom stereocenters. The van der Waals surface area contributed by atoms with Gasteiger partial charge < -0.3 is 89.9 Å². The van der Waals surface area contributed by atoms with Gasteiger partial charge in [0, 0.05) is 6.42 Å². The molecule has 0 aromatic carbocycles. The van der Waals surface area contributed by atoms with E-state index in [1.54, 1.807) is 6.08 Å². The molecule has 0 saturated carbocycles. The first-order valence-electron chi connectivity index (χ1n) is 39.2. The van der Waals surface area contributed by atoms with Crippen LogP contribution in [-0.4, -0.2) is 193 Å². The lowest BCUT2D eigenvalue weighted by molar-refractivity contribution is -0.379. The van der Waals surface area contributed by atoms with E-state index in [9.17, 15) is 61.0 Å². The number of unbranched alkanes of at least 4 members (excludes halogenated alkanes) is 35. The van der Waals surface area contributed by atoms with Crippen LogP contribution in [0.2, 0.25) is 0 Å². The van der Waals surface area contributed by atoms with Crippen molar-refractivity contribution in [3.63, 3.8) is 0 Å². The van der Waals surface area contributed by atoms with Crippen LogP contribution in [0.3, 0.4) is 0 Å². The number of ether oxygens (including phenoxy) is 6. The zero-order valence-corrected chi connectivity index (χ0v) is 60.8. The van der Waals surface area contributed by atoms with Crippen LogP contribution in [0.5, 0.6) is 0 Å². The van der Waals surface area contributed by atoms with Crippen molar-refractivity contribution in [1.29, 1.82) is 0 Å². The molecule has 3 aliphatic heterocycles. The molecule has 3 aliphatic rings. The number of aliphatic hydroxyl groups excluding tert-OH is 11. The van der Waals surface area contributed by atoms with E-state index < -0.39 is 124 Å². The second-order valence-electron chi connectivity index (χ2n) is 27.8. The normalized spacial score (nSPS) is 27.1. The molecule has 19 heteroatoms. The number of carbonyl (C=O) groups is 1. The van der Waals surface area contributed by atoms with Crippen LogP contribution in [0.4, 0.5) is 0 Å². The molecule has 0 radical (unpaired) electrons. The van der Waals surface area contributed by atoms with Gasteiger partial charge in [-0.15, -0.1) is 0 Å². The van der Waals surface area contributed by atoms with Crippen molar-refractivity contribution in [3.05, 3.63) is 72.9 Å². The molecule has 0 aromatic rings. The van der Waals surface area contributed by atoms with Gasteiger partial charge in [-0.2, -0.15) is 0 Å². The van der Waals surface area contributed by atoms with Crippen molar-refractivity contribution in [2.24, 2.45) is 0 Å². The third-order valence-electron chi connectivity index (χ3n) is 19.2. The standard InChI is InChI=1S/C79H141NO18/c1-3-5-7-9-11-13-15-17-19-21-23-24-25-26-27-28-29-30-31-32-33-34-35-36-37-38-39-41-43-45-47-49-51-53-55-57-67(85)80-62(63(84)56-54-52-50-48-46-44-42-40-22-20-18-16-14-12-10-8-6-4-2)61-93-77-73(91)70(88)75(65(59-82)95-77)98-79-74(92)71(89)76(66(60-83)96-79)97-78-72(90)69(87)68(86)64(58-81)94-78/h15,17,21-23,25-26,40,46,48,54,56,62-66,68-79,81-84,86-92H,3-14,16,18-20,24,27-39,41-45,47,49-53,55,57-61H2,1-2H3,(H,80,85)/b17-15-,23-21-,26-25-,40-22+,48-46+,56-54+. The molecule has 0 aliphatic carbocycles. The van der Waals surface area contributed by atoms with Crippen molar-refractivity contribution in [1.82, 2.24) is 5.32 Å². The molecule has 0 bridgehead atoms. The maximum Gasteiger partial charge on any atom is 0.220 e. The summed E-state index contributed by atoms with van der Waals surface area (Å²) >= 11 is 0. The smallest absolute Gasteiger partial charge is 0.220 e. The summed E-state index contributed by atoms with van der Waals surface area (Å²) in [6, 6.07) is -0.999. The van der Waals surface area contributed by atoms with E-state index in [-0.39, 0.29) is 18.9 Å². The molecule has 0 aromatic heterocycles. The van der Waals surface area contributed by atoms with E-state index in [2.05, 4.69) is 79.9 Å². The molecular weight excluding hydrogens is 1250 g/mol. The molecule has 3 saturated heterocycles. The van der Waals surface area contributed by atoms with Gasteiger partial charge in [0.15, 0.2) is 18.9 Å². The fraction of sp³-hybridized carbons (Fsp3) is 0.835. The van der Waals surface area contributed by atoms with Gasteiger partial charge in [0.05, 0.1) is 38.6 Å². The van der Waals surface area contributed by atoms with E-state index in [4.69, 9.17) is 28.4 Å². The zero-order valence-electron chi connectivity index (χ0n) is 60.8. The van der Waals surface area contributed by atoms with Gasteiger partial charge in [0.2, 0.25) is 5.91 Å². The monoisotopic (exact) mass is 1390 g/mol. The molecule has 12 N–H and O–H groups in total. The van der Waals surface area contributed by atoms with E-state index in [0.717, 1.165) is 57.8 Å². The molecule has 3 fully saturated rings. The first-order chi connectivity index (χ1) is 47.8. The first-order valence-corrected chi connectivity index (χ1v) is 39.2. The highest BCUT2D eigenvalue weighted by Gasteiger charge is 2.53. The van der Waals surface area contributed by atoms with Crippen LogP contribution in [0.15, 0.2) is 72.9 Å². The largest absolute Gasteiger partial charge is 0.394 e. The van der Waals surface area contributed by atoms with Crippen molar-refractivity contribution in [3.8, 4) is 0 Å². The summed E-state index contributed by atoms with van der Waals surface area (Å²) in [5, 5.41) is 121. The lowest BCUT2D eigenvalue weighted by Gasteiger charge is -2.48. The minimum Gasteiger partial charge on any atom is -0.394 e. The fourth-order valence-electron chi connectivity index (χ4n) is 12.9. The van der Waals surface area contributed by atoms with Crippen molar-refractivity contribution < 1.29 is 89.4 Å². The molecule has 98 heavy (non-hydrogen) atoms. The third kappa shape index (κ3) is 39.8. The number of allylic oxidation sites excluding steroid dienone is 11. The van der Waals surface area contributed by atoms with Gasteiger partial charge in [-0.3, -0.25) is 4.79 Å². The highest BCUT2D eigenvalue weighted by molar-refractivity contribution is 5.76. The molecule has 570 valence electrons. The van der Waals surface area contributed by atoms with Gasteiger partial charge in [-0.1, -0.05) is 273 Å². The van der Waals surface area contributed by atoms with E-state index >= 15 is 0 Å². The summed E-state index contributed by atoms with van der Waals surface area (Å²) in [6.07, 6.45) is 50.4. The van der Waals surface area contributed by atoms with Crippen molar-refractivity contribution >= 4 is 5.91 Å². The molecular formula is C79H141NO18. The van der Waals surface area contributed by atoms with Gasteiger partial charge in [0.1, 0.15) is 73.2 Å². The Labute approximate surface area is 591 Å². The van der Waals surface area contributed by atoms with Gasteiger partial charge in [0.25, 0.3) is 0 Å². The predicted octanol–water partition coefficient (Wildman–Crippen LogP) is 12.4. The van der Waals surface area contributed by atoms with Crippen LogP contribution in [-0.2, 0) is 33.2 Å². The lowest BCUT2D eigenvalue weighted by atomic mass is 9.96. The Bertz CT molecular complexity index is 2050. The molecule has 3 heterocycles. The Morgan fingerprint density at radius 1 is 0.367 bits per heavy atom. The summed E-state index contributed by atoms with van der Waals surface area (Å²) in [4.78, 5) is 13.4. The molecule has 3 rings (SSSR count). The summed E-state index contributed by atoms with van der Waals surface area (Å²) in [5.41, 5.74) is 0. The number of amides is 1. The number of aliphatic hydroxyl groups is 11. The zero-order chi connectivity index (χ0) is 71.1. The van der Waals surface area contributed by atoms with E-state index in [1.165, 1.54) is 199 Å². The van der Waals surface area contributed by atoms with Crippen LogP contribution in [0, 0.1) is 0 Å². The quantitative estimate of drug-likeness (QED) is 0.0199. The number of hydrogen-bond acceptors (Lipinski definition) is 18. The second kappa shape index (κ2) is 59.6. The average Bonchev–Trinajstić information content (AvgIpc) is 0.785. The molecule has 17 atom stereocenters. The maximum absolute atomic E-state index is 13.4. The highest BCUT2D eigenvalue weighted by Crippen LogP contribution is 2.33. The van der Waals surface area contributed by atoms with Crippen molar-refractivity contribution in [2.45, 2.75) is 394 Å². The Hall–Kier alpha value is -2.77. The summed E-state index contributed by atoms with van der Waals surface area (Å²) in [7, 11) is 0. The topological polar surface area (TPSA) is 307 Å². The minimum atomic E-state index is -1.98. The Morgan fingerprint density at radius 3 is 1.09 bits per heavy atom. The maximum atomic E-state index is 13.4. The van der Waals surface area contributed by atoms with Crippen LogP contribution >= 0.6 is 0 Å². The Kier molecular flexibility index (Phi) is 54.4. The number of nitrogens with one attached hydrogen (secondary N) is 1. The van der Waals surface area contributed by atoms with Crippen LogP contribution in [0.1, 0.15) is 290 Å². The minimum absolute atomic E-state index is 0.232. The number of hydrogen-bond donors (Lipinski definition) is 12. The van der Waals surface area contributed by atoms with Gasteiger partial charge in [-0.05, 0) is 83.5 Å². The summed E-state index contributed by atoms with van der Waals surface area (Å²) in [5.74, 6) is -0.287. The van der Waals surface area contributed by atoms with E-state index in [0.29, 0.717) is 12.8 Å². The van der Waals surface area contributed by atoms with Gasteiger partial charge >= 0.3 is 0 Å². The predicted molar refractivity (Wildman–Crippen MR) is 388 cm³/mol. The number of carbonyl (C=O) groups excluding carboxylic acids is 1. The van der Waals surface area contributed by atoms with Gasteiger partial charge in [-0.25, -0.2) is 0 Å². The average molecular weight is 1390 g/mol. The van der Waals surface area contributed by atoms with E-state index in [1.807, 2.05) is 6.08 Å². The third-order valence-corrected chi connectivity index (χ3v) is 19.2. The molecule has 0 spiro atoms. The summed E-state index contributed by atoms with van der Waals surface area (Å²) < 4.78 is 34.4. The Morgan fingerprint density at radius 2 is 0.684 bits per heavy atom.